The Kier molecular flexibility index (Phi) is 14.6. The topological polar surface area (TPSA) is 107 Å². The first-order valence-electron chi connectivity index (χ1n) is 13.6. The van der Waals surface area contributed by atoms with Crippen molar-refractivity contribution in [3.05, 3.63) is 0 Å². The Hall–Kier alpha value is -1.26. The number of carbonyl (C=O) groups excluding carboxylic acids is 3. The molecule has 230 valence electrons. The summed E-state index contributed by atoms with van der Waals surface area (Å²) < 4.78 is 33.8. The van der Waals surface area contributed by atoms with Crippen LogP contribution in [0, 0.1) is 0 Å². The molecule has 3 saturated heterocycles. The molecular formula is C29H53ClO9. The molecule has 2 unspecified atom stereocenters. The Morgan fingerprint density at radius 1 is 0.744 bits per heavy atom. The van der Waals surface area contributed by atoms with Crippen molar-refractivity contribution in [1.29, 1.82) is 0 Å². The monoisotopic (exact) mass is 580 g/mol. The highest BCUT2D eigenvalue weighted by molar-refractivity contribution is 5.90. The van der Waals surface area contributed by atoms with Crippen LogP contribution in [0.3, 0.4) is 0 Å². The molecule has 0 aromatic carbocycles. The lowest BCUT2D eigenvalue weighted by Gasteiger charge is -2.48. The van der Waals surface area contributed by atoms with E-state index in [4.69, 9.17) is 28.4 Å². The van der Waals surface area contributed by atoms with Crippen LogP contribution in [0.15, 0.2) is 0 Å². The number of Topliss-reactive ketones (excluding diaryl/α,β-unsaturated/α-hetero) is 1. The van der Waals surface area contributed by atoms with E-state index in [9.17, 15) is 14.4 Å². The van der Waals surface area contributed by atoms with Gasteiger partial charge in [0.25, 0.3) is 0 Å². The average molecular weight is 581 g/mol. The summed E-state index contributed by atoms with van der Waals surface area (Å²) >= 11 is 0. The summed E-state index contributed by atoms with van der Waals surface area (Å²) in [4.78, 5) is 35.9. The lowest BCUT2D eigenvalue weighted by molar-refractivity contribution is -0.290. The van der Waals surface area contributed by atoms with Crippen LogP contribution in [-0.2, 0) is 42.8 Å². The van der Waals surface area contributed by atoms with Crippen LogP contribution in [0.4, 0.5) is 0 Å². The quantitative estimate of drug-likeness (QED) is 0.263. The molecule has 3 aliphatic heterocycles. The fourth-order valence-electron chi connectivity index (χ4n) is 5.36. The van der Waals surface area contributed by atoms with Gasteiger partial charge in [-0.3, -0.25) is 4.79 Å². The molecule has 0 radical (unpaired) electrons. The van der Waals surface area contributed by atoms with Gasteiger partial charge in [-0.1, -0.05) is 34.1 Å². The smallest absolute Gasteiger partial charge is 0.338 e. The predicted octanol–water partition coefficient (Wildman–Crippen LogP) is 5.72. The molecule has 2 atom stereocenters. The molecule has 3 rings (SSSR count). The number of unbranched alkanes of at least 4 members (excludes halogenated alkanes) is 2. The predicted molar refractivity (Wildman–Crippen MR) is 151 cm³/mol. The maximum Gasteiger partial charge on any atom is 0.338 e. The van der Waals surface area contributed by atoms with Gasteiger partial charge in [-0.2, -0.15) is 0 Å². The number of hydrogen-bond acceptors (Lipinski definition) is 9. The Morgan fingerprint density at radius 3 is 1.67 bits per heavy atom. The summed E-state index contributed by atoms with van der Waals surface area (Å²) in [5.41, 5.74) is -3.21. The van der Waals surface area contributed by atoms with Crippen LogP contribution in [-0.4, -0.2) is 72.3 Å². The Morgan fingerprint density at radius 2 is 1.21 bits per heavy atom. The lowest BCUT2D eigenvalue weighted by atomic mass is 9.83. The van der Waals surface area contributed by atoms with Gasteiger partial charge in [-0.15, -0.1) is 12.4 Å². The maximum atomic E-state index is 12.4. The second-order valence-corrected chi connectivity index (χ2v) is 12.0. The number of esters is 2. The van der Waals surface area contributed by atoms with E-state index in [1.807, 2.05) is 34.6 Å². The summed E-state index contributed by atoms with van der Waals surface area (Å²) in [6.07, 6.45) is 5.13. The van der Waals surface area contributed by atoms with Crippen molar-refractivity contribution >= 4 is 30.1 Å². The van der Waals surface area contributed by atoms with Crippen molar-refractivity contribution in [2.75, 3.05) is 26.4 Å². The molecule has 0 aromatic rings. The number of carbonyl (C=O) groups is 3. The molecule has 3 fully saturated rings. The molecule has 0 bridgehead atoms. The van der Waals surface area contributed by atoms with Crippen LogP contribution in [0.25, 0.3) is 0 Å². The van der Waals surface area contributed by atoms with E-state index in [0.29, 0.717) is 45.7 Å². The third kappa shape index (κ3) is 10.9. The minimum atomic E-state index is -1.12. The van der Waals surface area contributed by atoms with Gasteiger partial charge in [-0.05, 0) is 54.4 Å². The highest BCUT2D eigenvalue weighted by Gasteiger charge is 2.57. The Balaban J connectivity index is 0.000000714. The second kappa shape index (κ2) is 15.1. The van der Waals surface area contributed by atoms with E-state index in [2.05, 4.69) is 6.92 Å². The summed E-state index contributed by atoms with van der Waals surface area (Å²) in [6.45, 7) is 17.0. The third-order valence-corrected chi connectivity index (χ3v) is 6.60. The van der Waals surface area contributed by atoms with E-state index in [1.165, 1.54) is 0 Å². The third-order valence-electron chi connectivity index (χ3n) is 6.60. The van der Waals surface area contributed by atoms with Crippen LogP contribution >= 0.6 is 12.4 Å². The first-order chi connectivity index (χ1) is 17.1. The molecule has 10 heteroatoms. The number of ether oxygens (including phenoxy) is 6. The van der Waals surface area contributed by atoms with Crippen molar-refractivity contribution in [3.63, 3.8) is 0 Å². The van der Waals surface area contributed by atoms with E-state index in [1.54, 1.807) is 13.8 Å². The van der Waals surface area contributed by atoms with E-state index in [0.717, 1.165) is 25.7 Å². The Bertz CT molecular complexity index is 807. The zero-order chi connectivity index (χ0) is 28.0. The standard InChI is InChI=1S/C15H26O5.C13H22O4.CH4.ClH/c1-5-6-7-17-12(16)14(4)11-15(18-8-9-19-15)10-13(2,3)20-14;1-5-6-7-16-11(15)13(4)9-10(14)8-12(2,3)17-13;;/h5-11H2,1-4H3;5-9H2,1-4H3;1H4;1H. The molecule has 0 amide bonds. The number of ketones is 1. The van der Waals surface area contributed by atoms with Gasteiger partial charge in [0.15, 0.2) is 17.0 Å². The van der Waals surface area contributed by atoms with E-state index < -0.39 is 34.2 Å². The van der Waals surface area contributed by atoms with Gasteiger partial charge in [0.1, 0.15) is 5.78 Å². The van der Waals surface area contributed by atoms with Crippen LogP contribution in [0.5, 0.6) is 0 Å². The van der Waals surface area contributed by atoms with Gasteiger partial charge in [-0.25, -0.2) is 9.59 Å². The second-order valence-electron chi connectivity index (χ2n) is 12.0. The minimum absolute atomic E-state index is 0. The van der Waals surface area contributed by atoms with Crippen molar-refractivity contribution in [2.45, 2.75) is 142 Å². The average Bonchev–Trinajstić information content (AvgIpc) is 3.17. The van der Waals surface area contributed by atoms with Gasteiger partial charge in [0, 0.05) is 25.7 Å². The first kappa shape index (κ1) is 37.7. The maximum absolute atomic E-state index is 12.4. The molecule has 1 spiro atoms. The summed E-state index contributed by atoms with van der Waals surface area (Å²) in [7, 11) is 0. The van der Waals surface area contributed by atoms with Crippen LogP contribution < -0.4 is 0 Å². The highest BCUT2D eigenvalue weighted by Crippen LogP contribution is 2.46. The molecular weight excluding hydrogens is 528 g/mol. The van der Waals surface area contributed by atoms with Crippen molar-refractivity contribution in [1.82, 2.24) is 0 Å². The number of hydrogen-bond donors (Lipinski definition) is 0. The molecule has 0 N–H and O–H groups in total. The lowest BCUT2D eigenvalue weighted by Crippen LogP contribution is -2.59. The fourth-order valence-corrected chi connectivity index (χ4v) is 5.36. The number of halogens is 1. The fraction of sp³-hybridized carbons (Fsp3) is 0.897. The number of rotatable bonds is 8. The van der Waals surface area contributed by atoms with Crippen LogP contribution in [0.1, 0.15) is 114 Å². The van der Waals surface area contributed by atoms with Gasteiger partial charge < -0.3 is 28.4 Å². The largest absolute Gasteiger partial charge is 0.464 e. The van der Waals surface area contributed by atoms with Crippen LogP contribution in [0.2, 0.25) is 0 Å². The first-order valence-corrected chi connectivity index (χ1v) is 13.6. The summed E-state index contributed by atoms with van der Waals surface area (Å²) in [5, 5.41) is 0. The summed E-state index contributed by atoms with van der Waals surface area (Å²) in [5.74, 6) is -1.40. The van der Waals surface area contributed by atoms with Crippen molar-refractivity contribution < 1.29 is 42.8 Å². The van der Waals surface area contributed by atoms with Gasteiger partial charge in [0.2, 0.25) is 0 Å². The van der Waals surface area contributed by atoms with E-state index in [-0.39, 0.29) is 38.0 Å². The van der Waals surface area contributed by atoms with Crippen molar-refractivity contribution in [2.24, 2.45) is 0 Å². The molecule has 39 heavy (non-hydrogen) atoms. The molecule has 0 saturated carbocycles. The van der Waals surface area contributed by atoms with E-state index >= 15 is 0 Å². The highest BCUT2D eigenvalue weighted by atomic mass is 35.5. The van der Waals surface area contributed by atoms with Gasteiger partial charge >= 0.3 is 11.9 Å². The zero-order valence-corrected chi connectivity index (χ0v) is 25.4. The zero-order valence-electron chi connectivity index (χ0n) is 24.6. The molecule has 3 aliphatic rings. The molecule has 9 nitrogen and oxygen atoms in total. The normalized spacial score (nSPS) is 28.3. The Labute approximate surface area is 241 Å². The van der Waals surface area contributed by atoms with Gasteiger partial charge in [0.05, 0.1) is 37.6 Å². The van der Waals surface area contributed by atoms with Crippen molar-refractivity contribution in [3.8, 4) is 0 Å². The molecule has 3 heterocycles. The summed E-state index contributed by atoms with van der Waals surface area (Å²) in [6, 6.07) is 0. The molecule has 0 aliphatic carbocycles. The SMILES string of the molecule is C.CCCCOC(=O)C1(C)CC(=O)CC(C)(C)O1.CCCCOC(=O)C1(C)CC2(CC(C)(C)O1)OCCO2.Cl. The molecule has 0 aromatic heterocycles. The minimum Gasteiger partial charge on any atom is -0.464 e.